The Labute approximate surface area is 131 Å². The van der Waals surface area contributed by atoms with Crippen LogP contribution in [0.1, 0.15) is 17.3 Å². The van der Waals surface area contributed by atoms with E-state index in [1.54, 1.807) is 25.1 Å². The SMILES string of the molecule is CCOOc1cc(NC(=O)c2ccccc2N)c(F)cc1Cl. The average Bonchev–Trinajstić information content (AvgIpc) is 2.49. The van der Waals surface area contributed by atoms with Gasteiger partial charge in [-0.15, -0.1) is 0 Å². The molecule has 2 aromatic rings. The molecule has 0 atom stereocenters. The third-order valence-corrected chi connectivity index (χ3v) is 3.04. The number of para-hydroxylation sites is 1. The van der Waals surface area contributed by atoms with Crippen molar-refractivity contribution in [3.05, 3.63) is 52.8 Å². The van der Waals surface area contributed by atoms with Crippen molar-refractivity contribution in [2.24, 2.45) is 0 Å². The van der Waals surface area contributed by atoms with Gasteiger partial charge in [-0.05, 0) is 25.1 Å². The highest BCUT2D eigenvalue weighted by atomic mass is 35.5. The molecule has 0 heterocycles. The lowest BCUT2D eigenvalue weighted by atomic mass is 10.1. The Hall–Kier alpha value is -2.31. The molecule has 22 heavy (non-hydrogen) atoms. The molecule has 0 aliphatic carbocycles. The number of anilines is 2. The summed E-state index contributed by atoms with van der Waals surface area (Å²) in [6.45, 7) is 2.01. The second-order valence-electron chi connectivity index (χ2n) is 4.29. The Morgan fingerprint density at radius 2 is 2.09 bits per heavy atom. The minimum atomic E-state index is -0.697. The molecule has 0 aliphatic rings. The Bertz CT molecular complexity index is 694. The summed E-state index contributed by atoms with van der Waals surface area (Å²) in [4.78, 5) is 21.8. The van der Waals surface area contributed by atoms with Gasteiger partial charge < -0.3 is 15.9 Å². The van der Waals surface area contributed by atoms with E-state index in [0.29, 0.717) is 5.69 Å². The van der Waals surface area contributed by atoms with Crippen molar-refractivity contribution in [2.75, 3.05) is 17.7 Å². The van der Waals surface area contributed by atoms with Gasteiger partial charge in [0.25, 0.3) is 5.91 Å². The monoisotopic (exact) mass is 324 g/mol. The fourth-order valence-corrected chi connectivity index (χ4v) is 1.89. The normalized spacial score (nSPS) is 10.3. The lowest BCUT2D eigenvalue weighted by Gasteiger charge is -2.11. The van der Waals surface area contributed by atoms with E-state index in [-0.39, 0.29) is 28.6 Å². The molecule has 0 radical (unpaired) electrons. The zero-order valence-electron chi connectivity index (χ0n) is 11.7. The Balaban J connectivity index is 2.25. The minimum Gasteiger partial charge on any atom is -0.398 e. The van der Waals surface area contributed by atoms with Crippen molar-refractivity contribution in [3.63, 3.8) is 0 Å². The standard InChI is InChI=1S/C15H14ClFN2O3/c1-2-21-22-14-8-13(11(17)7-10(14)16)19-15(20)9-5-3-4-6-12(9)18/h3-8H,2,18H2,1H3,(H,19,20). The van der Waals surface area contributed by atoms with Crippen LogP contribution in [0.5, 0.6) is 5.75 Å². The second kappa shape index (κ2) is 7.11. The van der Waals surface area contributed by atoms with E-state index in [9.17, 15) is 9.18 Å². The van der Waals surface area contributed by atoms with Crippen LogP contribution in [-0.2, 0) is 4.89 Å². The van der Waals surface area contributed by atoms with E-state index in [1.807, 2.05) is 0 Å². The maximum absolute atomic E-state index is 13.9. The minimum absolute atomic E-state index is 0.0307. The molecule has 5 nitrogen and oxygen atoms in total. The molecule has 116 valence electrons. The number of amides is 1. The van der Waals surface area contributed by atoms with E-state index >= 15 is 0 Å². The van der Waals surface area contributed by atoms with Crippen LogP contribution in [0.2, 0.25) is 5.02 Å². The summed E-state index contributed by atoms with van der Waals surface area (Å²) in [5, 5.41) is 2.45. The predicted octanol–water partition coefficient (Wildman–Crippen LogP) is 3.64. The zero-order valence-corrected chi connectivity index (χ0v) is 12.5. The molecule has 0 bridgehead atoms. The number of hydrogen-bond acceptors (Lipinski definition) is 4. The van der Waals surface area contributed by atoms with Crippen LogP contribution in [0, 0.1) is 5.82 Å². The summed E-state index contributed by atoms with van der Waals surface area (Å²) in [6.07, 6.45) is 0. The van der Waals surface area contributed by atoms with Crippen molar-refractivity contribution in [2.45, 2.75) is 6.92 Å². The number of nitrogens with two attached hydrogens (primary N) is 1. The quantitative estimate of drug-likeness (QED) is 0.500. The number of halogens is 2. The molecule has 0 saturated carbocycles. The lowest BCUT2D eigenvalue weighted by Crippen LogP contribution is -2.15. The summed E-state index contributed by atoms with van der Waals surface area (Å²) >= 11 is 5.84. The molecule has 2 aromatic carbocycles. The summed E-state index contributed by atoms with van der Waals surface area (Å²) in [5.41, 5.74) is 6.15. The first-order valence-corrected chi connectivity index (χ1v) is 6.85. The number of nitrogens with one attached hydrogen (secondary N) is 1. The molecule has 0 aromatic heterocycles. The largest absolute Gasteiger partial charge is 0.398 e. The van der Waals surface area contributed by atoms with Gasteiger partial charge in [0.2, 0.25) is 0 Å². The van der Waals surface area contributed by atoms with Crippen molar-refractivity contribution in [1.29, 1.82) is 0 Å². The van der Waals surface area contributed by atoms with Gasteiger partial charge in [-0.2, -0.15) is 4.89 Å². The fraction of sp³-hybridized carbons (Fsp3) is 0.133. The van der Waals surface area contributed by atoms with Gasteiger partial charge in [0.15, 0.2) is 5.75 Å². The molecule has 7 heteroatoms. The van der Waals surface area contributed by atoms with E-state index in [2.05, 4.69) is 5.32 Å². The van der Waals surface area contributed by atoms with Gasteiger partial charge >= 0.3 is 0 Å². The Kier molecular flexibility index (Phi) is 5.19. The topological polar surface area (TPSA) is 73.6 Å². The van der Waals surface area contributed by atoms with Crippen molar-refractivity contribution in [1.82, 2.24) is 0 Å². The first-order chi connectivity index (χ1) is 10.5. The van der Waals surface area contributed by atoms with E-state index in [1.165, 1.54) is 12.1 Å². The highest BCUT2D eigenvalue weighted by Crippen LogP contribution is 2.31. The van der Waals surface area contributed by atoms with Gasteiger partial charge in [0, 0.05) is 11.8 Å². The van der Waals surface area contributed by atoms with Crippen LogP contribution in [-0.4, -0.2) is 12.5 Å². The number of rotatable bonds is 5. The summed E-state index contributed by atoms with van der Waals surface area (Å²) < 4.78 is 13.9. The van der Waals surface area contributed by atoms with E-state index < -0.39 is 11.7 Å². The molecular formula is C15H14ClFN2O3. The molecule has 2 rings (SSSR count). The zero-order chi connectivity index (χ0) is 16.1. The van der Waals surface area contributed by atoms with Crippen molar-refractivity contribution >= 4 is 28.9 Å². The Morgan fingerprint density at radius 1 is 1.36 bits per heavy atom. The van der Waals surface area contributed by atoms with Crippen molar-refractivity contribution in [3.8, 4) is 5.75 Å². The molecule has 0 unspecified atom stereocenters. The maximum Gasteiger partial charge on any atom is 0.257 e. The summed E-state index contributed by atoms with van der Waals surface area (Å²) in [7, 11) is 0. The van der Waals surface area contributed by atoms with Gasteiger partial charge in [-0.3, -0.25) is 4.79 Å². The molecule has 0 spiro atoms. The smallest absolute Gasteiger partial charge is 0.257 e. The van der Waals surface area contributed by atoms with Gasteiger partial charge in [-0.1, -0.05) is 23.7 Å². The summed E-state index contributed by atoms with van der Waals surface area (Å²) in [6, 6.07) is 8.74. The van der Waals surface area contributed by atoms with E-state index in [0.717, 1.165) is 6.07 Å². The molecular weight excluding hydrogens is 311 g/mol. The van der Waals surface area contributed by atoms with Crippen LogP contribution in [0.4, 0.5) is 15.8 Å². The van der Waals surface area contributed by atoms with Crippen molar-refractivity contribution < 1.29 is 19.0 Å². The van der Waals surface area contributed by atoms with Crippen LogP contribution in [0.15, 0.2) is 36.4 Å². The highest BCUT2D eigenvalue weighted by molar-refractivity contribution is 6.32. The molecule has 0 aliphatic heterocycles. The number of nitrogen functional groups attached to an aromatic ring is 1. The third-order valence-electron chi connectivity index (χ3n) is 2.74. The number of hydrogen-bond donors (Lipinski definition) is 2. The molecule has 0 fully saturated rings. The predicted molar refractivity (Wildman–Crippen MR) is 82.5 cm³/mol. The first kappa shape index (κ1) is 16.1. The average molecular weight is 325 g/mol. The lowest BCUT2D eigenvalue weighted by molar-refractivity contribution is -0.201. The fourth-order valence-electron chi connectivity index (χ4n) is 1.70. The molecule has 1 amide bonds. The molecule has 0 saturated heterocycles. The van der Waals surface area contributed by atoms with Gasteiger partial charge in [-0.25, -0.2) is 4.39 Å². The van der Waals surface area contributed by atoms with Gasteiger partial charge in [0.05, 0.1) is 22.9 Å². The van der Waals surface area contributed by atoms with Crippen LogP contribution in [0.3, 0.4) is 0 Å². The van der Waals surface area contributed by atoms with Crippen LogP contribution < -0.4 is 15.9 Å². The van der Waals surface area contributed by atoms with E-state index in [4.69, 9.17) is 27.1 Å². The molecule has 3 N–H and O–H groups in total. The number of carbonyl (C=O) groups excluding carboxylic acids is 1. The van der Waals surface area contributed by atoms with Crippen LogP contribution >= 0.6 is 11.6 Å². The Morgan fingerprint density at radius 3 is 2.77 bits per heavy atom. The number of carbonyl (C=O) groups is 1. The maximum atomic E-state index is 13.9. The highest BCUT2D eigenvalue weighted by Gasteiger charge is 2.15. The third kappa shape index (κ3) is 3.66. The number of benzene rings is 2. The van der Waals surface area contributed by atoms with Gasteiger partial charge in [0.1, 0.15) is 5.82 Å². The van der Waals surface area contributed by atoms with Crippen LogP contribution in [0.25, 0.3) is 0 Å². The first-order valence-electron chi connectivity index (χ1n) is 6.47. The summed E-state index contributed by atoms with van der Waals surface area (Å²) in [5.74, 6) is -1.14. The second-order valence-corrected chi connectivity index (χ2v) is 4.70.